The monoisotopic (exact) mass is 362 g/mol. The Kier molecular flexibility index (Phi) is 5.89. The first-order valence-electron chi connectivity index (χ1n) is 7.35. The number of hydrogen-bond donors (Lipinski definition) is 1. The van der Waals surface area contributed by atoms with Gasteiger partial charge in [0.2, 0.25) is 15.9 Å². The first-order chi connectivity index (χ1) is 11.9. The van der Waals surface area contributed by atoms with Gasteiger partial charge >= 0.3 is 5.97 Å². The van der Waals surface area contributed by atoms with Crippen LogP contribution in [0.4, 0.5) is 5.69 Å². The van der Waals surface area contributed by atoms with Gasteiger partial charge in [0, 0.05) is 7.05 Å². The Bertz CT molecular complexity index is 866. The molecular formula is C17H18N2O5S. The summed E-state index contributed by atoms with van der Waals surface area (Å²) in [6.07, 6.45) is 0. The number of amides is 1. The molecule has 0 spiro atoms. The standard InChI is InChI=1S/C17H18N2O5S/c1-19(25(22,23)13-8-4-3-5-9-13)12-16(20)18-15-11-7-6-10-14(15)17(21)24-2/h3-11H,12H2,1-2H3,(H,18,20). The van der Waals surface area contributed by atoms with E-state index < -0.39 is 28.4 Å². The summed E-state index contributed by atoms with van der Waals surface area (Å²) in [5.41, 5.74) is 0.441. The van der Waals surface area contributed by atoms with Crippen molar-refractivity contribution in [3.8, 4) is 0 Å². The molecule has 7 nitrogen and oxygen atoms in total. The molecule has 0 unspecified atom stereocenters. The molecule has 25 heavy (non-hydrogen) atoms. The first kappa shape index (κ1) is 18.6. The highest BCUT2D eigenvalue weighted by molar-refractivity contribution is 7.89. The molecule has 0 radical (unpaired) electrons. The smallest absolute Gasteiger partial charge is 0.339 e. The van der Waals surface area contributed by atoms with Gasteiger partial charge in [-0.15, -0.1) is 0 Å². The van der Waals surface area contributed by atoms with E-state index in [1.165, 1.54) is 38.4 Å². The molecule has 2 aromatic carbocycles. The topological polar surface area (TPSA) is 92.8 Å². The van der Waals surface area contributed by atoms with Crippen LogP contribution in [0.1, 0.15) is 10.4 Å². The molecule has 0 aliphatic carbocycles. The molecule has 0 saturated carbocycles. The van der Waals surface area contributed by atoms with Crippen LogP contribution in [-0.2, 0) is 19.6 Å². The predicted octanol–water partition coefficient (Wildman–Crippen LogP) is 1.73. The molecule has 0 bridgehead atoms. The summed E-state index contributed by atoms with van der Waals surface area (Å²) in [7, 11) is -1.23. The average Bonchev–Trinajstić information content (AvgIpc) is 2.62. The molecule has 2 rings (SSSR count). The van der Waals surface area contributed by atoms with Crippen LogP contribution in [-0.4, -0.2) is 45.3 Å². The Morgan fingerprint density at radius 3 is 2.28 bits per heavy atom. The van der Waals surface area contributed by atoms with Crippen molar-refractivity contribution in [2.24, 2.45) is 0 Å². The number of carbonyl (C=O) groups excluding carboxylic acids is 2. The number of ether oxygens (including phenoxy) is 1. The molecule has 0 aromatic heterocycles. The van der Waals surface area contributed by atoms with Crippen LogP contribution in [0.5, 0.6) is 0 Å². The van der Waals surface area contributed by atoms with Crippen molar-refractivity contribution in [3.63, 3.8) is 0 Å². The van der Waals surface area contributed by atoms with Gasteiger partial charge in [0.05, 0.1) is 29.8 Å². The number of methoxy groups -OCH3 is 1. The van der Waals surface area contributed by atoms with E-state index in [1.54, 1.807) is 30.3 Å². The molecular weight excluding hydrogens is 344 g/mol. The third kappa shape index (κ3) is 4.43. The lowest BCUT2D eigenvalue weighted by molar-refractivity contribution is -0.116. The minimum Gasteiger partial charge on any atom is -0.465 e. The van der Waals surface area contributed by atoms with Crippen molar-refractivity contribution in [1.82, 2.24) is 4.31 Å². The zero-order valence-corrected chi connectivity index (χ0v) is 14.6. The second kappa shape index (κ2) is 7.91. The Balaban J connectivity index is 2.12. The van der Waals surface area contributed by atoms with Gasteiger partial charge < -0.3 is 10.1 Å². The Morgan fingerprint density at radius 2 is 1.64 bits per heavy atom. The molecule has 0 atom stereocenters. The predicted molar refractivity (Wildman–Crippen MR) is 92.7 cm³/mol. The zero-order valence-electron chi connectivity index (χ0n) is 13.8. The minimum atomic E-state index is -3.78. The minimum absolute atomic E-state index is 0.0975. The third-order valence-corrected chi connectivity index (χ3v) is 5.24. The summed E-state index contributed by atoms with van der Waals surface area (Å²) < 4.78 is 30.4. The molecule has 1 amide bonds. The number of likely N-dealkylation sites (N-methyl/N-ethyl adjacent to an activating group) is 1. The maximum Gasteiger partial charge on any atom is 0.339 e. The van der Waals surface area contributed by atoms with Crippen molar-refractivity contribution >= 4 is 27.6 Å². The van der Waals surface area contributed by atoms with E-state index in [0.717, 1.165) is 4.31 Å². The molecule has 0 heterocycles. The molecule has 0 saturated heterocycles. The van der Waals surface area contributed by atoms with E-state index in [2.05, 4.69) is 10.1 Å². The molecule has 1 N–H and O–H groups in total. The van der Waals surface area contributed by atoms with E-state index in [4.69, 9.17) is 0 Å². The van der Waals surface area contributed by atoms with E-state index >= 15 is 0 Å². The molecule has 132 valence electrons. The molecule has 2 aromatic rings. The summed E-state index contributed by atoms with van der Waals surface area (Å²) in [4.78, 5) is 24.0. The average molecular weight is 362 g/mol. The van der Waals surface area contributed by atoms with Crippen molar-refractivity contribution in [3.05, 3.63) is 60.2 Å². The van der Waals surface area contributed by atoms with Gasteiger partial charge in [-0.05, 0) is 24.3 Å². The van der Waals surface area contributed by atoms with Gasteiger partial charge in [0.15, 0.2) is 0 Å². The highest BCUT2D eigenvalue weighted by Gasteiger charge is 2.23. The fraction of sp³-hybridized carbons (Fsp3) is 0.176. The van der Waals surface area contributed by atoms with Crippen LogP contribution >= 0.6 is 0 Å². The Morgan fingerprint density at radius 1 is 1.04 bits per heavy atom. The number of benzene rings is 2. The second-order valence-electron chi connectivity index (χ2n) is 5.16. The third-order valence-electron chi connectivity index (χ3n) is 3.42. The molecule has 0 fully saturated rings. The Hall–Kier alpha value is -2.71. The van der Waals surface area contributed by atoms with E-state index in [1.807, 2.05) is 0 Å². The number of esters is 1. The van der Waals surface area contributed by atoms with Crippen molar-refractivity contribution < 1.29 is 22.7 Å². The van der Waals surface area contributed by atoms with E-state index in [0.29, 0.717) is 0 Å². The highest BCUT2D eigenvalue weighted by atomic mass is 32.2. The maximum absolute atomic E-state index is 12.4. The largest absolute Gasteiger partial charge is 0.465 e. The SMILES string of the molecule is COC(=O)c1ccccc1NC(=O)CN(C)S(=O)(=O)c1ccccc1. The van der Waals surface area contributed by atoms with Gasteiger partial charge in [0.1, 0.15) is 0 Å². The summed E-state index contributed by atoms with van der Waals surface area (Å²) >= 11 is 0. The lowest BCUT2D eigenvalue weighted by Gasteiger charge is -2.17. The van der Waals surface area contributed by atoms with E-state index in [9.17, 15) is 18.0 Å². The molecule has 8 heteroatoms. The van der Waals surface area contributed by atoms with Crippen molar-refractivity contribution in [2.75, 3.05) is 26.0 Å². The van der Waals surface area contributed by atoms with Crippen LogP contribution in [0.25, 0.3) is 0 Å². The van der Waals surface area contributed by atoms with Gasteiger partial charge in [-0.1, -0.05) is 30.3 Å². The first-order valence-corrected chi connectivity index (χ1v) is 8.79. The van der Waals surface area contributed by atoms with Crippen LogP contribution in [0, 0.1) is 0 Å². The lowest BCUT2D eigenvalue weighted by Crippen LogP contribution is -2.35. The fourth-order valence-electron chi connectivity index (χ4n) is 2.13. The Labute approximate surface area is 146 Å². The summed E-state index contributed by atoms with van der Waals surface area (Å²) in [5, 5.41) is 2.53. The number of nitrogens with one attached hydrogen (secondary N) is 1. The van der Waals surface area contributed by atoms with Crippen LogP contribution in [0.3, 0.4) is 0 Å². The number of anilines is 1. The van der Waals surface area contributed by atoms with Gasteiger partial charge in [-0.3, -0.25) is 4.79 Å². The second-order valence-corrected chi connectivity index (χ2v) is 7.20. The molecule has 0 aliphatic rings. The van der Waals surface area contributed by atoms with Crippen LogP contribution in [0.2, 0.25) is 0 Å². The summed E-state index contributed by atoms with van der Waals surface area (Å²) in [6.45, 7) is -0.396. The number of rotatable bonds is 6. The quantitative estimate of drug-likeness (QED) is 0.790. The maximum atomic E-state index is 12.4. The van der Waals surface area contributed by atoms with Crippen LogP contribution < -0.4 is 5.32 Å². The van der Waals surface area contributed by atoms with Crippen molar-refractivity contribution in [1.29, 1.82) is 0 Å². The van der Waals surface area contributed by atoms with Gasteiger partial charge in [-0.2, -0.15) is 4.31 Å². The summed E-state index contributed by atoms with van der Waals surface area (Å²) in [6, 6.07) is 14.1. The zero-order chi connectivity index (χ0) is 18.4. The number of carbonyl (C=O) groups is 2. The van der Waals surface area contributed by atoms with Crippen molar-refractivity contribution in [2.45, 2.75) is 4.90 Å². The number of para-hydroxylation sites is 1. The fourth-order valence-corrected chi connectivity index (χ4v) is 3.28. The summed E-state index contributed by atoms with van der Waals surface area (Å²) in [5.74, 6) is -1.17. The van der Waals surface area contributed by atoms with Gasteiger partial charge in [-0.25, -0.2) is 13.2 Å². The lowest BCUT2D eigenvalue weighted by atomic mass is 10.2. The number of nitrogens with zero attached hydrogens (tertiary/aromatic N) is 1. The van der Waals surface area contributed by atoms with Crippen LogP contribution in [0.15, 0.2) is 59.5 Å². The highest BCUT2D eigenvalue weighted by Crippen LogP contribution is 2.17. The van der Waals surface area contributed by atoms with E-state index in [-0.39, 0.29) is 16.1 Å². The normalized spacial score (nSPS) is 11.2. The number of sulfonamides is 1. The molecule has 0 aliphatic heterocycles. The number of hydrogen-bond acceptors (Lipinski definition) is 5. The van der Waals surface area contributed by atoms with Gasteiger partial charge in [0.25, 0.3) is 0 Å².